The summed E-state index contributed by atoms with van der Waals surface area (Å²) in [5, 5.41) is 14.0. The molecule has 0 spiro atoms. The highest BCUT2D eigenvalue weighted by Gasteiger charge is 2.18. The fourth-order valence-electron chi connectivity index (χ4n) is 2.39. The van der Waals surface area contributed by atoms with Gasteiger partial charge in [-0.25, -0.2) is 0 Å². The standard InChI is InChI=1S/C18H19BrN2O4/c1-3-15(13-5-7-14(19)8-6-13)20-18(22)11-25-17-9-4-12(2)10-16(17)21(23)24/h4-10,15H,3,11H2,1-2H3,(H,20,22)/t15-/m1/s1. The maximum absolute atomic E-state index is 12.2. The average molecular weight is 407 g/mol. The number of nitro groups is 1. The zero-order valence-electron chi connectivity index (χ0n) is 14.0. The van der Waals surface area contributed by atoms with Gasteiger partial charge in [0.05, 0.1) is 11.0 Å². The van der Waals surface area contributed by atoms with Crippen LogP contribution in [0.2, 0.25) is 0 Å². The molecule has 0 unspecified atom stereocenters. The van der Waals surface area contributed by atoms with Crippen LogP contribution < -0.4 is 10.1 Å². The minimum Gasteiger partial charge on any atom is -0.477 e. The van der Waals surface area contributed by atoms with Crippen LogP contribution in [0, 0.1) is 17.0 Å². The van der Waals surface area contributed by atoms with Gasteiger partial charge in [0, 0.05) is 10.5 Å². The fraction of sp³-hybridized carbons (Fsp3) is 0.278. The molecule has 2 aromatic rings. The Bertz CT molecular complexity index is 762. The van der Waals surface area contributed by atoms with E-state index in [-0.39, 0.29) is 30.0 Å². The Morgan fingerprint density at radius 3 is 2.56 bits per heavy atom. The Labute approximate surface area is 154 Å². The van der Waals surface area contributed by atoms with Crippen LogP contribution in [-0.2, 0) is 4.79 Å². The Morgan fingerprint density at radius 2 is 1.96 bits per heavy atom. The van der Waals surface area contributed by atoms with E-state index in [0.717, 1.165) is 22.0 Å². The number of nitrogens with zero attached hydrogens (tertiary/aromatic N) is 1. The lowest BCUT2D eigenvalue weighted by Crippen LogP contribution is -2.32. The predicted octanol–water partition coefficient (Wildman–Crippen LogP) is 4.31. The predicted molar refractivity (Wildman–Crippen MR) is 98.6 cm³/mol. The monoisotopic (exact) mass is 406 g/mol. The van der Waals surface area contributed by atoms with Crippen molar-refractivity contribution in [2.75, 3.05) is 6.61 Å². The quantitative estimate of drug-likeness (QED) is 0.548. The van der Waals surface area contributed by atoms with Gasteiger partial charge in [-0.1, -0.05) is 41.1 Å². The molecule has 2 rings (SSSR count). The lowest BCUT2D eigenvalue weighted by atomic mass is 10.0. The molecule has 132 valence electrons. The first kappa shape index (κ1) is 18.9. The van der Waals surface area contributed by atoms with Crippen molar-refractivity contribution < 1.29 is 14.5 Å². The molecule has 6 nitrogen and oxygen atoms in total. The zero-order valence-corrected chi connectivity index (χ0v) is 15.6. The summed E-state index contributed by atoms with van der Waals surface area (Å²) in [7, 11) is 0. The third kappa shape index (κ3) is 5.29. The van der Waals surface area contributed by atoms with E-state index in [1.165, 1.54) is 12.1 Å². The van der Waals surface area contributed by atoms with E-state index in [9.17, 15) is 14.9 Å². The van der Waals surface area contributed by atoms with Crippen molar-refractivity contribution >= 4 is 27.5 Å². The highest BCUT2D eigenvalue weighted by molar-refractivity contribution is 9.10. The lowest BCUT2D eigenvalue weighted by Gasteiger charge is -2.18. The number of ether oxygens (including phenoxy) is 1. The molecule has 1 atom stereocenters. The van der Waals surface area contributed by atoms with Gasteiger partial charge in [-0.3, -0.25) is 14.9 Å². The van der Waals surface area contributed by atoms with Gasteiger partial charge in [0.15, 0.2) is 12.4 Å². The molecule has 0 radical (unpaired) electrons. The molecule has 0 aliphatic carbocycles. The van der Waals surface area contributed by atoms with Crippen molar-refractivity contribution in [3.05, 3.63) is 68.2 Å². The Morgan fingerprint density at radius 1 is 1.28 bits per heavy atom. The molecular formula is C18H19BrN2O4. The third-order valence-electron chi connectivity index (χ3n) is 3.69. The Hall–Kier alpha value is -2.41. The van der Waals surface area contributed by atoms with E-state index >= 15 is 0 Å². The minimum absolute atomic E-state index is 0.0856. The molecular weight excluding hydrogens is 388 g/mol. The summed E-state index contributed by atoms with van der Waals surface area (Å²) < 4.78 is 6.32. The molecule has 0 bridgehead atoms. The van der Waals surface area contributed by atoms with Crippen LogP contribution >= 0.6 is 15.9 Å². The molecule has 0 saturated carbocycles. The highest BCUT2D eigenvalue weighted by Crippen LogP contribution is 2.27. The SMILES string of the molecule is CC[C@@H](NC(=O)COc1ccc(C)cc1[N+](=O)[O-])c1ccc(Br)cc1. The summed E-state index contributed by atoms with van der Waals surface area (Å²) in [4.78, 5) is 22.7. The summed E-state index contributed by atoms with van der Waals surface area (Å²) in [5.74, 6) is -0.243. The smallest absolute Gasteiger partial charge is 0.311 e. The normalized spacial score (nSPS) is 11.6. The van der Waals surface area contributed by atoms with Crippen LogP contribution in [0.25, 0.3) is 0 Å². The number of nitro benzene ring substituents is 1. The molecule has 25 heavy (non-hydrogen) atoms. The van der Waals surface area contributed by atoms with Gasteiger partial charge in [0.25, 0.3) is 5.91 Å². The van der Waals surface area contributed by atoms with Gasteiger partial charge in [-0.05, 0) is 42.7 Å². The van der Waals surface area contributed by atoms with Crippen molar-refractivity contribution in [1.82, 2.24) is 5.32 Å². The first-order chi connectivity index (χ1) is 11.9. The number of aryl methyl sites for hydroxylation is 1. The maximum Gasteiger partial charge on any atom is 0.311 e. The summed E-state index contributed by atoms with van der Waals surface area (Å²) in [6.07, 6.45) is 0.720. The topological polar surface area (TPSA) is 81.5 Å². The molecule has 7 heteroatoms. The van der Waals surface area contributed by atoms with Gasteiger partial charge in [-0.15, -0.1) is 0 Å². The lowest BCUT2D eigenvalue weighted by molar-refractivity contribution is -0.385. The second kappa shape index (κ2) is 8.62. The maximum atomic E-state index is 12.2. The van der Waals surface area contributed by atoms with Crippen molar-refractivity contribution in [3.8, 4) is 5.75 Å². The van der Waals surface area contributed by atoms with Crippen molar-refractivity contribution in [3.63, 3.8) is 0 Å². The van der Waals surface area contributed by atoms with Crippen LogP contribution in [0.1, 0.15) is 30.5 Å². The molecule has 1 N–H and O–H groups in total. The van der Waals surface area contributed by atoms with Gasteiger partial charge in [0.1, 0.15) is 0 Å². The largest absolute Gasteiger partial charge is 0.477 e. The second-order valence-electron chi connectivity index (χ2n) is 5.60. The van der Waals surface area contributed by atoms with Crippen LogP contribution in [0.4, 0.5) is 5.69 Å². The number of nitrogens with one attached hydrogen (secondary N) is 1. The van der Waals surface area contributed by atoms with Crippen molar-refractivity contribution in [2.45, 2.75) is 26.3 Å². The van der Waals surface area contributed by atoms with E-state index in [4.69, 9.17) is 4.74 Å². The number of hydrogen-bond donors (Lipinski definition) is 1. The number of halogens is 1. The number of hydrogen-bond acceptors (Lipinski definition) is 4. The van der Waals surface area contributed by atoms with E-state index in [2.05, 4.69) is 21.2 Å². The number of benzene rings is 2. The second-order valence-corrected chi connectivity index (χ2v) is 6.51. The highest BCUT2D eigenvalue weighted by atomic mass is 79.9. The molecule has 1 amide bonds. The van der Waals surface area contributed by atoms with Gasteiger partial charge >= 0.3 is 5.69 Å². The summed E-state index contributed by atoms with van der Waals surface area (Å²) in [6.45, 7) is 3.45. The van der Waals surface area contributed by atoms with Crippen LogP contribution in [0.5, 0.6) is 5.75 Å². The van der Waals surface area contributed by atoms with Gasteiger partial charge in [0.2, 0.25) is 0 Å². The Balaban J connectivity index is 2.00. The summed E-state index contributed by atoms with van der Waals surface area (Å²) in [5.41, 5.74) is 1.60. The first-order valence-corrected chi connectivity index (χ1v) is 8.62. The van der Waals surface area contributed by atoms with Crippen molar-refractivity contribution in [1.29, 1.82) is 0 Å². The molecule has 0 heterocycles. The van der Waals surface area contributed by atoms with E-state index in [1.54, 1.807) is 13.0 Å². The molecule has 0 aliphatic heterocycles. The zero-order chi connectivity index (χ0) is 18.4. The van der Waals surface area contributed by atoms with E-state index in [0.29, 0.717) is 0 Å². The summed E-state index contributed by atoms with van der Waals surface area (Å²) in [6, 6.07) is 12.2. The Kier molecular flexibility index (Phi) is 6.52. The molecule has 2 aromatic carbocycles. The molecule has 0 saturated heterocycles. The molecule has 0 aromatic heterocycles. The number of rotatable bonds is 7. The fourth-order valence-corrected chi connectivity index (χ4v) is 2.65. The van der Waals surface area contributed by atoms with Crippen molar-refractivity contribution in [2.24, 2.45) is 0 Å². The average Bonchev–Trinajstić information content (AvgIpc) is 2.59. The van der Waals surface area contributed by atoms with Crippen LogP contribution in [0.3, 0.4) is 0 Å². The molecule has 0 fully saturated rings. The first-order valence-electron chi connectivity index (χ1n) is 7.83. The number of carbonyl (C=O) groups is 1. The number of amides is 1. The van der Waals surface area contributed by atoms with Crippen LogP contribution in [-0.4, -0.2) is 17.4 Å². The minimum atomic E-state index is -0.517. The van der Waals surface area contributed by atoms with E-state index < -0.39 is 4.92 Å². The molecule has 0 aliphatic rings. The van der Waals surface area contributed by atoms with Crippen LogP contribution in [0.15, 0.2) is 46.9 Å². The third-order valence-corrected chi connectivity index (χ3v) is 4.21. The van der Waals surface area contributed by atoms with E-state index in [1.807, 2.05) is 31.2 Å². The number of carbonyl (C=O) groups excluding carboxylic acids is 1. The van der Waals surface area contributed by atoms with Gasteiger partial charge in [-0.2, -0.15) is 0 Å². The van der Waals surface area contributed by atoms with Gasteiger partial charge < -0.3 is 10.1 Å². The summed E-state index contributed by atoms with van der Waals surface area (Å²) >= 11 is 3.38.